The Morgan fingerprint density at radius 2 is 1.35 bits per heavy atom. The summed E-state index contributed by atoms with van der Waals surface area (Å²) in [5.74, 6) is -7.61. The lowest BCUT2D eigenvalue weighted by Gasteiger charge is -2.28. The van der Waals surface area contributed by atoms with Gasteiger partial charge in [0.15, 0.2) is 5.96 Å². The van der Waals surface area contributed by atoms with Gasteiger partial charge >= 0.3 is 6.03 Å². The summed E-state index contributed by atoms with van der Waals surface area (Å²) >= 11 is 0. The molecule has 9 atom stereocenters. The number of H-pyrrole nitrogens is 2. The number of aliphatic imine (C=N–C) groups is 1. The average Bonchev–Trinajstić information content (AvgIpc) is 3.10. The number of guanidine groups is 1. The van der Waals surface area contributed by atoms with Crippen LogP contribution in [-0.2, 0) is 62.4 Å². The third-order valence-electron chi connectivity index (χ3n) is 15.5. The van der Waals surface area contributed by atoms with Gasteiger partial charge in [-0.2, -0.15) is 0 Å². The van der Waals surface area contributed by atoms with Crippen molar-refractivity contribution in [3.05, 3.63) is 90.1 Å². The molecule has 86 heavy (non-hydrogen) atoms. The number of para-hydroxylation sites is 1. The summed E-state index contributed by atoms with van der Waals surface area (Å²) in [7, 11) is 2.03. The van der Waals surface area contributed by atoms with Crippen molar-refractivity contribution >= 4 is 97.6 Å². The first kappa shape index (κ1) is 65.4. The molecular formula is C58H80N16O10S2. The molecule has 3 fully saturated rings. The van der Waals surface area contributed by atoms with Crippen molar-refractivity contribution in [3.8, 4) is 0 Å². The maximum absolute atomic E-state index is 14.8. The van der Waals surface area contributed by atoms with Crippen molar-refractivity contribution in [3.63, 3.8) is 0 Å². The fourth-order valence-corrected chi connectivity index (χ4v) is 13.1. The molecule has 0 unspecified atom stereocenters. The topological polar surface area (TPSA) is 405 Å². The highest BCUT2D eigenvalue weighted by Gasteiger charge is 2.46. The van der Waals surface area contributed by atoms with E-state index in [1.165, 1.54) is 19.4 Å². The lowest BCUT2D eigenvalue weighted by Crippen LogP contribution is -2.61. The fourth-order valence-electron chi connectivity index (χ4n) is 10.8. The van der Waals surface area contributed by atoms with E-state index in [1.807, 2.05) is 31.2 Å². The van der Waals surface area contributed by atoms with Crippen LogP contribution >= 0.6 is 21.6 Å². The minimum Gasteiger partial charge on any atom is -0.370 e. The van der Waals surface area contributed by atoms with Crippen LogP contribution < -0.4 is 59.7 Å². The number of fused-ring (bicyclic) bond motifs is 1. The van der Waals surface area contributed by atoms with Crippen LogP contribution in [0.3, 0.4) is 0 Å². The predicted molar refractivity (Wildman–Crippen MR) is 326 cm³/mol. The molecule has 11 amide bonds. The number of primary amides is 1. The second-order valence-electron chi connectivity index (χ2n) is 22.0. The summed E-state index contributed by atoms with van der Waals surface area (Å²) < 4.78 is 0. The Morgan fingerprint density at radius 1 is 0.698 bits per heavy atom. The maximum Gasteiger partial charge on any atom is 0.325 e. The first-order valence-electron chi connectivity index (χ1n) is 29.3. The molecule has 3 aliphatic rings. The molecule has 2 saturated heterocycles. The van der Waals surface area contributed by atoms with E-state index in [0.29, 0.717) is 36.1 Å². The van der Waals surface area contributed by atoms with Crippen LogP contribution in [-0.4, -0.2) is 157 Å². The number of nitrogens with two attached hydrogens (primary N) is 3. The van der Waals surface area contributed by atoms with Crippen LogP contribution in [0.1, 0.15) is 108 Å². The number of carbonyl (C=O) groups is 10. The zero-order chi connectivity index (χ0) is 61.7. The molecule has 16 N–H and O–H groups in total. The number of hydrogen-bond donors (Lipinski definition) is 13. The Bertz CT molecular complexity index is 3030. The third-order valence-corrected chi connectivity index (χ3v) is 17.9. The summed E-state index contributed by atoms with van der Waals surface area (Å²) in [6.45, 7) is 3.39. The highest BCUT2D eigenvalue weighted by molar-refractivity contribution is 8.76. The van der Waals surface area contributed by atoms with Gasteiger partial charge in [0.1, 0.15) is 54.4 Å². The van der Waals surface area contributed by atoms with Gasteiger partial charge in [-0.25, -0.2) is 14.7 Å². The highest BCUT2D eigenvalue weighted by Crippen LogP contribution is 2.30. The van der Waals surface area contributed by atoms with Crippen LogP contribution in [0.4, 0.5) is 4.79 Å². The number of nitrogens with one attached hydrogen (secondary N) is 10. The molecule has 2 aromatic heterocycles. The number of carbonyl (C=O) groups excluding carboxylic acids is 10. The molecule has 1 saturated carbocycles. The Labute approximate surface area is 506 Å². The number of benzene rings is 2. The van der Waals surface area contributed by atoms with Crippen molar-refractivity contribution in [1.82, 2.24) is 62.4 Å². The van der Waals surface area contributed by atoms with Crippen LogP contribution in [0, 0.1) is 5.92 Å². The number of unbranched alkanes of at least 4 members (excludes halogenated alkanes) is 2. The molecule has 464 valence electrons. The van der Waals surface area contributed by atoms with E-state index in [2.05, 4.69) is 62.5 Å². The molecule has 4 heterocycles. The van der Waals surface area contributed by atoms with Gasteiger partial charge < -0.3 is 69.7 Å². The molecule has 2 aromatic carbocycles. The number of urea groups is 1. The van der Waals surface area contributed by atoms with E-state index in [0.717, 1.165) is 75.9 Å². The largest absolute Gasteiger partial charge is 0.370 e. The number of aromatic nitrogens is 3. The Morgan fingerprint density at radius 3 is 2.05 bits per heavy atom. The van der Waals surface area contributed by atoms with Crippen LogP contribution in [0.5, 0.6) is 0 Å². The summed E-state index contributed by atoms with van der Waals surface area (Å²) in [6, 6.07) is 3.42. The molecule has 26 nitrogen and oxygen atoms in total. The number of aromatic amines is 2. The molecule has 0 radical (unpaired) electrons. The molecule has 0 spiro atoms. The van der Waals surface area contributed by atoms with Gasteiger partial charge in [0.2, 0.25) is 47.3 Å². The maximum atomic E-state index is 14.8. The van der Waals surface area contributed by atoms with Gasteiger partial charge in [-0.15, -0.1) is 0 Å². The van der Waals surface area contributed by atoms with Gasteiger partial charge in [-0.1, -0.05) is 128 Å². The zero-order valence-corrected chi connectivity index (χ0v) is 50.0. The molecule has 28 heteroatoms. The fraction of sp³-hybridized carbons (Fsp3) is 0.517. The minimum atomic E-state index is -1.45. The second kappa shape index (κ2) is 32.4. The van der Waals surface area contributed by atoms with Gasteiger partial charge in [-0.05, 0) is 55.7 Å². The summed E-state index contributed by atoms with van der Waals surface area (Å²) in [4.78, 5) is 158. The predicted octanol–water partition coefficient (Wildman–Crippen LogP) is 1.11. The highest BCUT2D eigenvalue weighted by atomic mass is 33.1. The van der Waals surface area contributed by atoms with Gasteiger partial charge in [-0.3, -0.25) is 48.1 Å². The van der Waals surface area contributed by atoms with Crippen LogP contribution in [0.15, 0.2) is 78.3 Å². The standard InChI is InChI=1S/C58H80N16O10S2/c1-3-4-7-22-47(74-56(83)44(73-58(74)84)25-35-17-10-6-11-18-35)55(82)72-46-31-86-85-30-45(48(59)75)71-52(79)42(26-36-28-64-39-20-13-12-19-38(36)39)70-50(77)40(21-14-23-63-57(60)61)67-51(78)41(24-34-15-8-5-9-16-34)69-53(80)43(27-37-29-62-32-65-37)68-49(76)33(2)66-54(46)81/h5,8-9,12-13,15-16,19-20,28-29,32-33,35,40-47,64H,3-4,6-7,10-11,14,17-18,21-27,30-31H2,1-2H3,(H2,59,75)(H,62,65)(H,66,81)(H,67,78)(H,68,76)(H,69,80)(H,70,77)(H,71,79)(H,72,82)(H,73,84)(H4,60,61,63)/t33-,40+,41-,42+,43+,44+,45+,46+,47+/m1/s1. The van der Waals surface area contributed by atoms with Crippen molar-refractivity contribution < 1.29 is 47.9 Å². The molecular weight excluding hydrogens is 1140 g/mol. The number of rotatable bonds is 20. The normalized spacial score (nSPS) is 24.0. The number of imidazole rings is 1. The third kappa shape index (κ3) is 18.9. The smallest absolute Gasteiger partial charge is 0.325 e. The average molecular weight is 1230 g/mol. The summed E-state index contributed by atoms with van der Waals surface area (Å²) in [5.41, 5.74) is 19.5. The number of hydrogen-bond acceptors (Lipinski definition) is 14. The molecule has 4 aromatic rings. The van der Waals surface area contributed by atoms with Crippen molar-refractivity contribution in [2.45, 2.75) is 165 Å². The van der Waals surface area contributed by atoms with Crippen LogP contribution in [0.2, 0.25) is 0 Å². The first-order chi connectivity index (χ1) is 41.4. The van der Waals surface area contributed by atoms with Gasteiger partial charge in [0.25, 0.3) is 5.91 Å². The van der Waals surface area contributed by atoms with E-state index < -0.39 is 114 Å². The first-order valence-corrected chi connectivity index (χ1v) is 31.8. The summed E-state index contributed by atoms with van der Waals surface area (Å²) in [5, 5.41) is 22.7. The monoisotopic (exact) mass is 1220 g/mol. The Balaban J connectivity index is 1.22. The Hall–Kier alpha value is -8.14. The number of amides is 11. The number of nitrogens with zero attached hydrogens (tertiary/aromatic N) is 3. The van der Waals surface area contributed by atoms with Gasteiger partial charge in [0.05, 0.1) is 6.33 Å². The van der Waals surface area contributed by atoms with E-state index in [9.17, 15) is 47.9 Å². The number of imide groups is 1. The minimum absolute atomic E-state index is 0.0565. The molecule has 2 aliphatic heterocycles. The molecule has 0 bridgehead atoms. The second-order valence-corrected chi connectivity index (χ2v) is 24.6. The molecule has 7 rings (SSSR count). The summed E-state index contributed by atoms with van der Waals surface area (Å²) in [6.07, 6.45) is 11.7. The SMILES string of the molecule is CCCCC[C@@H](C(=O)N[C@H]1CSSC[C@@H](C(N)=O)NC(=O)[C@H](Cc2c[nH]c3ccccc23)NC(=O)[C@H](CCCN=C(N)N)NC(=O)[C@@H](Cc2ccccc2)NC(=O)[C@H](Cc2cnc[nH]2)NC(=O)[C@@H](C)NC1=O)N1C(=O)N[C@@H](CC2CCCCC2)C1=O. The van der Waals surface area contributed by atoms with E-state index in [4.69, 9.17) is 17.2 Å². The van der Waals surface area contributed by atoms with Gasteiger partial charge in [0, 0.05) is 66.3 Å². The van der Waals surface area contributed by atoms with Crippen molar-refractivity contribution in [2.24, 2.45) is 28.1 Å². The zero-order valence-electron chi connectivity index (χ0n) is 48.4. The van der Waals surface area contributed by atoms with Crippen molar-refractivity contribution in [2.75, 3.05) is 18.1 Å². The van der Waals surface area contributed by atoms with Crippen LogP contribution in [0.25, 0.3) is 10.9 Å². The van der Waals surface area contributed by atoms with Crippen molar-refractivity contribution in [1.29, 1.82) is 0 Å². The van der Waals surface area contributed by atoms with E-state index in [1.54, 1.807) is 36.5 Å². The molecule has 1 aliphatic carbocycles. The lowest BCUT2D eigenvalue weighted by atomic mass is 9.85. The quantitative estimate of drug-likeness (QED) is 0.0194. The van der Waals surface area contributed by atoms with E-state index >= 15 is 0 Å². The van der Waals surface area contributed by atoms with E-state index in [-0.39, 0.29) is 68.5 Å². The lowest BCUT2D eigenvalue weighted by molar-refractivity contribution is -0.138. The Kier molecular flexibility index (Phi) is 24.6.